The van der Waals surface area contributed by atoms with E-state index in [0.717, 1.165) is 5.56 Å². The van der Waals surface area contributed by atoms with Gasteiger partial charge < -0.3 is 25.6 Å². The van der Waals surface area contributed by atoms with Crippen LogP contribution in [0.5, 0.6) is 5.75 Å². The van der Waals surface area contributed by atoms with E-state index in [9.17, 15) is 19.1 Å². The molecule has 13 heteroatoms. The monoisotopic (exact) mass is 448 g/mol. The topological polar surface area (TPSA) is 175 Å². The summed E-state index contributed by atoms with van der Waals surface area (Å²) in [6.45, 7) is 1.28. The summed E-state index contributed by atoms with van der Waals surface area (Å²) in [6.07, 6.45) is 1.59. The van der Waals surface area contributed by atoms with Gasteiger partial charge in [-0.3, -0.25) is 14.0 Å². The maximum absolute atomic E-state index is 12.8. The first-order valence-electron chi connectivity index (χ1n) is 8.99. The summed E-state index contributed by atoms with van der Waals surface area (Å²) in [4.78, 5) is 37.9. The lowest BCUT2D eigenvalue weighted by molar-refractivity contribution is -0.757. The lowest BCUT2D eigenvalue weighted by Crippen LogP contribution is -2.40. The number of nitrogens with two attached hydrogens (primary N) is 1. The SMILES string of the molecule is COc1ccnc(CS(=O)c2nc3ccc(NC(=O)C(N)CO[N+](=O)[O-])cc3[nH]2)c1C. The number of aromatic amines is 1. The average Bonchev–Trinajstić information content (AvgIpc) is 3.17. The van der Waals surface area contributed by atoms with E-state index in [1.165, 1.54) is 0 Å². The van der Waals surface area contributed by atoms with Crippen molar-refractivity contribution in [2.45, 2.75) is 23.9 Å². The zero-order valence-electron chi connectivity index (χ0n) is 16.7. The number of benzene rings is 1. The standard InChI is InChI=1S/C18H20N6O6S/c1-10-15(20-6-5-16(10)29-2)9-31(28)18-22-13-4-3-11(7-14(13)23-18)21-17(25)12(19)8-30-24(26)27/h3-7,12H,8-9,19H2,1-2H3,(H,21,25)(H,22,23). The lowest BCUT2D eigenvalue weighted by atomic mass is 10.2. The number of amides is 1. The summed E-state index contributed by atoms with van der Waals surface area (Å²) in [5.41, 5.74) is 8.49. The quantitative estimate of drug-likeness (QED) is 0.319. The smallest absolute Gasteiger partial charge is 0.294 e. The molecule has 12 nitrogen and oxygen atoms in total. The van der Waals surface area contributed by atoms with Crippen LogP contribution in [0, 0.1) is 17.0 Å². The van der Waals surface area contributed by atoms with Gasteiger partial charge in [-0.05, 0) is 31.2 Å². The number of fused-ring (bicyclic) bond motifs is 1. The Labute approximate surface area is 178 Å². The Morgan fingerprint density at radius 3 is 2.90 bits per heavy atom. The van der Waals surface area contributed by atoms with Crippen molar-refractivity contribution in [3.63, 3.8) is 0 Å². The Morgan fingerprint density at radius 2 is 2.19 bits per heavy atom. The molecule has 31 heavy (non-hydrogen) atoms. The zero-order valence-corrected chi connectivity index (χ0v) is 17.5. The van der Waals surface area contributed by atoms with Crippen molar-refractivity contribution in [3.05, 3.63) is 51.8 Å². The molecule has 0 aliphatic carbocycles. The molecule has 0 bridgehead atoms. The Morgan fingerprint density at radius 1 is 1.42 bits per heavy atom. The molecule has 2 atom stereocenters. The molecule has 2 heterocycles. The van der Waals surface area contributed by atoms with Crippen LogP contribution in [0.2, 0.25) is 0 Å². The first-order chi connectivity index (χ1) is 14.8. The van der Waals surface area contributed by atoms with Gasteiger partial charge in [-0.1, -0.05) is 0 Å². The Bertz CT molecular complexity index is 1150. The number of nitrogens with one attached hydrogen (secondary N) is 2. The molecular weight excluding hydrogens is 428 g/mol. The number of rotatable bonds is 9. The van der Waals surface area contributed by atoms with Crippen LogP contribution in [-0.2, 0) is 26.2 Å². The van der Waals surface area contributed by atoms with Gasteiger partial charge in [0.05, 0.1) is 40.4 Å². The summed E-state index contributed by atoms with van der Waals surface area (Å²) in [6, 6.07) is 5.33. The largest absolute Gasteiger partial charge is 0.496 e. The van der Waals surface area contributed by atoms with Crippen molar-refractivity contribution in [1.29, 1.82) is 0 Å². The number of hydrogen-bond donors (Lipinski definition) is 3. The Balaban J connectivity index is 1.72. The lowest BCUT2D eigenvalue weighted by Gasteiger charge is -2.10. The van der Waals surface area contributed by atoms with Crippen LogP contribution in [0.1, 0.15) is 11.3 Å². The molecule has 2 aromatic heterocycles. The highest BCUT2D eigenvalue weighted by Crippen LogP contribution is 2.23. The summed E-state index contributed by atoms with van der Waals surface area (Å²) < 4.78 is 18.1. The minimum atomic E-state index is -1.49. The minimum Gasteiger partial charge on any atom is -0.496 e. The number of pyridine rings is 1. The maximum Gasteiger partial charge on any atom is 0.294 e. The maximum atomic E-state index is 12.8. The molecule has 3 aromatic rings. The second kappa shape index (κ2) is 9.49. The van der Waals surface area contributed by atoms with Crippen molar-refractivity contribution >= 4 is 33.4 Å². The van der Waals surface area contributed by atoms with Crippen molar-refractivity contribution < 1.29 is 23.7 Å². The molecule has 0 radical (unpaired) electrons. The van der Waals surface area contributed by atoms with Crippen molar-refractivity contribution in [3.8, 4) is 5.75 Å². The first kappa shape index (κ1) is 22.1. The molecule has 0 aliphatic heterocycles. The number of H-pyrrole nitrogens is 1. The van der Waals surface area contributed by atoms with Crippen molar-refractivity contribution in [2.75, 3.05) is 19.0 Å². The van der Waals surface area contributed by atoms with Gasteiger partial charge in [-0.15, -0.1) is 10.1 Å². The molecule has 0 spiro atoms. The number of hydrogen-bond acceptors (Lipinski definition) is 9. The van der Waals surface area contributed by atoms with E-state index in [4.69, 9.17) is 10.5 Å². The number of nitrogens with zero attached hydrogens (tertiary/aromatic N) is 3. The molecule has 164 valence electrons. The second-order valence-electron chi connectivity index (χ2n) is 6.46. The highest BCUT2D eigenvalue weighted by atomic mass is 32.2. The summed E-state index contributed by atoms with van der Waals surface area (Å²) in [5.74, 6) is 0.162. The van der Waals surface area contributed by atoms with Crippen LogP contribution in [0.3, 0.4) is 0 Å². The normalized spacial score (nSPS) is 12.9. The molecule has 3 rings (SSSR count). The molecule has 0 fully saturated rings. The van der Waals surface area contributed by atoms with Crippen LogP contribution in [0.4, 0.5) is 5.69 Å². The highest BCUT2D eigenvalue weighted by Gasteiger charge is 2.17. The van der Waals surface area contributed by atoms with Gasteiger partial charge in [0, 0.05) is 17.4 Å². The average molecular weight is 448 g/mol. The van der Waals surface area contributed by atoms with E-state index in [-0.39, 0.29) is 10.9 Å². The van der Waals surface area contributed by atoms with Crippen molar-refractivity contribution in [2.24, 2.45) is 5.73 Å². The van der Waals surface area contributed by atoms with E-state index < -0.39 is 34.4 Å². The predicted octanol–water partition coefficient (Wildman–Crippen LogP) is 1.06. The van der Waals surface area contributed by atoms with Gasteiger partial charge in [0.1, 0.15) is 18.4 Å². The number of aromatic nitrogens is 3. The first-order valence-corrected chi connectivity index (χ1v) is 10.3. The molecule has 0 aliphatic rings. The van der Waals surface area contributed by atoms with E-state index >= 15 is 0 Å². The van der Waals surface area contributed by atoms with Gasteiger partial charge in [0.2, 0.25) is 5.91 Å². The summed E-state index contributed by atoms with van der Waals surface area (Å²) in [5, 5.41) is 12.0. The molecule has 0 saturated heterocycles. The van der Waals surface area contributed by atoms with Crippen molar-refractivity contribution in [1.82, 2.24) is 15.0 Å². The minimum absolute atomic E-state index is 0.151. The van der Waals surface area contributed by atoms with E-state index in [2.05, 4.69) is 25.1 Å². The molecule has 2 unspecified atom stereocenters. The molecule has 4 N–H and O–H groups in total. The van der Waals surface area contributed by atoms with Crippen LogP contribution >= 0.6 is 0 Å². The van der Waals surface area contributed by atoms with Crippen LogP contribution < -0.4 is 15.8 Å². The Kier molecular flexibility index (Phi) is 6.77. The molecule has 1 aromatic carbocycles. The fraction of sp³-hybridized carbons (Fsp3) is 0.278. The fourth-order valence-electron chi connectivity index (χ4n) is 2.74. The summed E-state index contributed by atoms with van der Waals surface area (Å²) >= 11 is 0. The number of carbonyl (C=O) groups excluding carboxylic acids is 1. The van der Waals surface area contributed by atoms with Crippen LogP contribution in [0.15, 0.2) is 35.6 Å². The molecule has 1 amide bonds. The molecular formula is C18H20N6O6S. The number of methoxy groups -OCH3 is 1. The second-order valence-corrected chi connectivity index (χ2v) is 7.83. The third-order valence-electron chi connectivity index (χ3n) is 4.39. The number of carbonyl (C=O) groups is 1. The van der Waals surface area contributed by atoms with E-state index in [1.807, 2.05) is 6.92 Å². The van der Waals surface area contributed by atoms with E-state index in [1.54, 1.807) is 37.6 Å². The third kappa shape index (κ3) is 5.32. The number of anilines is 1. The van der Waals surface area contributed by atoms with Crippen LogP contribution in [-0.4, -0.2) is 49.9 Å². The van der Waals surface area contributed by atoms with Crippen LogP contribution in [0.25, 0.3) is 11.0 Å². The van der Waals surface area contributed by atoms with Gasteiger partial charge in [0.25, 0.3) is 5.09 Å². The highest BCUT2D eigenvalue weighted by molar-refractivity contribution is 7.84. The van der Waals surface area contributed by atoms with Gasteiger partial charge in [-0.2, -0.15) is 0 Å². The zero-order chi connectivity index (χ0) is 22.5. The molecule has 0 saturated carbocycles. The fourth-order valence-corrected chi connectivity index (χ4v) is 3.84. The van der Waals surface area contributed by atoms with Gasteiger partial charge >= 0.3 is 0 Å². The van der Waals surface area contributed by atoms with E-state index in [0.29, 0.717) is 28.2 Å². The van der Waals surface area contributed by atoms with Gasteiger partial charge in [-0.25, -0.2) is 4.98 Å². The number of ether oxygens (including phenoxy) is 1. The summed E-state index contributed by atoms with van der Waals surface area (Å²) in [7, 11) is 0.0646. The van der Waals surface area contributed by atoms with Gasteiger partial charge in [0.15, 0.2) is 5.16 Å². The third-order valence-corrected chi connectivity index (χ3v) is 5.55. The number of imidazole rings is 1. The predicted molar refractivity (Wildman–Crippen MR) is 111 cm³/mol. The Hall–Kier alpha value is -3.58.